The Bertz CT molecular complexity index is 382. The molecule has 0 aliphatic heterocycles. The van der Waals surface area contributed by atoms with E-state index in [9.17, 15) is 4.79 Å². The average Bonchev–Trinajstić information content (AvgIpc) is 2.21. The van der Waals surface area contributed by atoms with Crippen LogP contribution in [0.3, 0.4) is 0 Å². The molecule has 0 saturated carbocycles. The second-order valence-corrected chi connectivity index (χ2v) is 4.35. The van der Waals surface area contributed by atoms with Crippen molar-refractivity contribution in [1.29, 1.82) is 0 Å². The van der Waals surface area contributed by atoms with Crippen LogP contribution in [0.1, 0.15) is 10.4 Å². The summed E-state index contributed by atoms with van der Waals surface area (Å²) < 4.78 is 0. The summed E-state index contributed by atoms with van der Waals surface area (Å²) in [4.78, 5) is 13.6. The first-order valence-electron chi connectivity index (χ1n) is 4.82. The molecule has 0 amide bonds. The van der Waals surface area contributed by atoms with Gasteiger partial charge in [-0.15, -0.1) is 0 Å². The van der Waals surface area contributed by atoms with Gasteiger partial charge in [0.25, 0.3) is 0 Å². The monoisotopic (exact) mass is 261 g/mol. The van der Waals surface area contributed by atoms with Gasteiger partial charge in [-0.1, -0.05) is 23.2 Å². The van der Waals surface area contributed by atoms with Crippen molar-refractivity contribution in [2.45, 2.75) is 0 Å². The molecule has 0 unspecified atom stereocenters. The van der Waals surface area contributed by atoms with E-state index >= 15 is 0 Å². The fourth-order valence-electron chi connectivity index (χ4n) is 1.29. The van der Waals surface area contributed by atoms with E-state index in [1.54, 1.807) is 30.1 Å². The minimum Gasteiger partial charge on any atom is -0.395 e. The fourth-order valence-corrected chi connectivity index (χ4v) is 1.69. The number of aliphatic hydroxyl groups excluding tert-OH is 1. The zero-order valence-electron chi connectivity index (χ0n) is 8.91. The van der Waals surface area contributed by atoms with Crippen molar-refractivity contribution < 1.29 is 9.90 Å². The van der Waals surface area contributed by atoms with Gasteiger partial charge in [0.15, 0.2) is 5.78 Å². The van der Waals surface area contributed by atoms with Crippen LogP contribution in [0.5, 0.6) is 0 Å². The standard InChI is InChI=1S/C11H13Cl2NO2/c1-14(4-5-15)7-11(16)9-6-8(12)2-3-10(9)13/h2-3,6,15H,4-5,7H2,1H3. The molecule has 16 heavy (non-hydrogen) atoms. The smallest absolute Gasteiger partial charge is 0.178 e. The molecule has 1 aromatic carbocycles. The molecule has 0 atom stereocenters. The van der Waals surface area contributed by atoms with E-state index < -0.39 is 0 Å². The first-order chi connectivity index (χ1) is 7.54. The highest BCUT2D eigenvalue weighted by Gasteiger charge is 2.12. The maximum absolute atomic E-state index is 11.8. The number of hydrogen-bond donors (Lipinski definition) is 1. The van der Waals surface area contributed by atoms with Crippen LogP contribution < -0.4 is 0 Å². The second-order valence-electron chi connectivity index (χ2n) is 3.51. The quantitative estimate of drug-likeness (QED) is 0.826. The summed E-state index contributed by atoms with van der Waals surface area (Å²) in [7, 11) is 1.76. The van der Waals surface area contributed by atoms with Gasteiger partial charge in [0.1, 0.15) is 0 Å². The Balaban J connectivity index is 2.76. The van der Waals surface area contributed by atoms with Gasteiger partial charge in [0, 0.05) is 17.1 Å². The molecule has 0 heterocycles. The third kappa shape index (κ3) is 3.76. The van der Waals surface area contributed by atoms with E-state index in [0.29, 0.717) is 22.2 Å². The predicted molar refractivity (Wildman–Crippen MR) is 65.4 cm³/mol. The van der Waals surface area contributed by atoms with Crippen molar-refractivity contribution in [3.63, 3.8) is 0 Å². The lowest BCUT2D eigenvalue weighted by molar-refractivity contribution is 0.0936. The number of benzene rings is 1. The maximum atomic E-state index is 11.8. The number of nitrogens with zero attached hydrogens (tertiary/aromatic N) is 1. The summed E-state index contributed by atoms with van der Waals surface area (Å²) in [6, 6.07) is 4.79. The fraction of sp³-hybridized carbons (Fsp3) is 0.364. The van der Waals surface area contributed by atoms with Crippen LogP contribution in [0.15, 0.2) is 18.2 Å². The molecule has 1 aromatic rings. The van der Waals surface area contributed by atoms with Crippen molar-refractivity contribution >= 4 is 29.0 Å². The van der Waals surface area contributed by atoms with Gasteiger partial charge in [-0.3, -0.25) is 9.69 Å². The van der Waals surface area contributed by atoms with Crippen molar-refractivity contribution in [2.24, 2.45) is 0 Å². The average molecular weight is 262 g/mol. The van der Waals surface area contributed by atoms with Gasteiger partial charge in [0.2, 0.25) is 0 Å². The van der Waals surface area contributed by atoms with Crippen molar-refractivity contribution in [1.82, 2.24) is 4.90 Å². The van der Waals surface area contributed by atoms with E-state index in [-0.39, 0.29) is 18.9 Å². The van der Waals surface area contributed by atoms with Gasteiger partial charge in [-0.25, -0.2) is 0 Å². The number of hydrogen-bond acceptors (Lipinski definition) is 3. The largest absolute Gasteiger partial charge is 0.395 e. The minimum absolute atomic E-state index is 0.0209. The summed E-state index contributed by atoms with van der Waals surface area (Å²) >= 11 is 11.7. The number of halogens is 2. The number of ketones is 1. The maximum Gasteiger partial charge on any atom is 0.178 e. The summed E-state index contributed by atoms with van der Waals surface area (Å²) in [5.74, 6) is -0.108. The van der Waals surface area contributed by atoms with E-state index in [0.717, 1.165) is 0 Å². The lowest BCUT2D eigenvalue weighted by Gasteiger charge is -2.14. The molecule has 0 saturated heterocycles. The summed E-state index contributed by atoms with van der Waals surface area (Å²) in [6.07, 6.45) is 0. The normalized spacial score (nSPS) is 10.8. The van der Waals surface area contributed by atoms with E-state index in [2.05, 4.69) is 0 Å². The Morgan fingerprint density at radius 2 is 2.12 bits per heavy atom. The van der Waals surface area contributed by atoms with E-state index in [1.807, 2.05) is 0 Å². The van der Waals surface area contributed by atoms with Gasteiger partial charge in [-0.2, -0.15) is 0 Å². The topological polar surface area (TPSA) is 40.5 Å². The molecule has 0 bridgehead atoms. The number of Topliss-reactive ketones (excluding diaryl/α,β-unsaturated/α-hetero) is 1. The molecule has 88 valence electrons. The Hall–Kier alpha value is -0.610. The van der Waals surface area contributed by atoms with Crippen LogP contribution in [0.4, 0.5) is 0 Å². The summed E-state index contributed by atoms with van der Waals surface area (Å²) in [6.45, 7) is 0.678. The van der Waals surface area contributed by atoms with Crippen molar-refractivity contribution in [3.05, 3.63) is 33.8 Å². The van der Waals surface area contributed by atoms with Crippen LogP contribution >= 0.6 is 23.2 Å². The molecular weight excluding hydrogens is 249 g/mol. The van der Waals surface area contributed by atoms with Crippen LogP contribution in [-0.4, -0.2) is 42.5 Å². The Kier molecular flexibility index (Phi) is 5.22. The molecule has 0 fully saturated rings. The zero-order valence-corrected chi connectivity index (χ0v) is 10.4. The number of carbonyl (C=O) groups is 1. The third-order valence-electron chi connectivity index (χ3n) is 2.12. The molecule has 0 aliphatic carbocycles. The molecule has 0 aromatic heterocycles. The number of rotatable bonds is 5. The third-order valence-corrected chi connectivity index (χ3v) is 2.69. The second kappa shape index (κ2) is 6.21. The van der Waals surface area contributed by atoms with E-state index in [1.165, 1.54) is 0 Å². The first-order valence-corrected chi connectivity index (χ1v) is 5.58. The number of aliphatic hydroxyl groups is 1. The Morgan fingerprint density at radius 3 is 2.75 bits per heavy atom. The van der Waals surface area contributed by atoms with Crippen LogP contribution in [0.2, 0.25) is 10.0 Å². The van der Waals surface area contributed by atoms with Gasteiger partial charge in [-0.05, 0) is 25.2 Å². The Labute approximate surface area is 105 Å². The van der Waals surface area contributed by atoms with Crippen molar-refractivity contribution in [2.75, 3.05) is 26.7 Å². The molecule has 3 nitrogen and oxygen atoms in total. The highest BCUT2D eigenvalue weighted by Crippen LogP contribution is 2.21. The summed E-state index contributed by atoms with van der Waals surface area (Å²) in [5.41, 5.74) is 0.416. The molecule has 0 aliphatic rings. The van der Waals surface area contributed by atoms with Gasteiger partial charge in [0.05, 0.1) is 18.2 Å². The van der Waals surface area contributed by atoms with E-state index in [4.69, 9.17) is 28.3 Å². The first kappa shape index (κ1) is 13.5. The SMILES string of the molecule is CN(CCO)CC(=O)c1cc(Cl)ccc1Cl. The molecule has 0 spiro atoms. The van der Waals surface area contributed by atoms with Crippen molar-refractivity contribution in [3.8, 4) is 0 Å². The number of carbonyl (C=O) groups excluding carboxylic acids is 1. The lowest BCUT2D eigenvalue weighted by Crippen LogP contribution is -2.28. The summed E-state index contributed by atoms with van der Waals surface area (Å²) in [5, 5.41) is 9.60. The highest BCUT2D eigenvalue weighted by atomic mass is 35.5. The molecular formula is C11H13Cl2NO2. The van der Waals surface area contributed by atoms with Crippen LogP contribution in [0, 0.1) is 0 Å². The molecule has 1 rings (SSSR count). The van der Waals surface area contributed by atoms with Crippen LogP contribution in [-0.2, 0) is 0 Å². The Morgan fingerprint density at radius 1 is 1.44 bits per heavy atom. The zero-order chi connectivity index (χ0) is 12.1. The predicted octanol–water partition coefficient (Wildman–Crippen LogP) is 2.10. The van der Waals surface area contributed by atoms with Gasteiger partial charge < -0.3 is 5.11 Å². The molecule has 5 heteroatoms. The number of likely N-dealkylation sites (N-methyl/N-ethyl adjacent to an activating group) is 1. The van der Waals surface area contributed by atoms with Gasteiger partial charge >= 0.3 is 0 Å². The molecule has 0 radical (unpaired) electrons. The lowest BCUT2D eigenvalue weighted by atomic mass is 10.1. The minimum atomic E-state index is -0.108. The molecule has 1 N–H and O–H groups in total. The van der Waals surface area contributed by atoms with Crippen LogP contribution in [0.25, 0.3) is 0 Å². The highest BCUT2D eigenvalue weighted by molar-refractivity contribution is 6.36.